The van der Waals surface area contributed by atoms with Gasteiger partial charge in [0.2, 0.25) is 5.95 Å². The Labute approximate surface area is 126 Å². The van der Waals surface area contributed by atoms with Crippen LogP contribution in [0, 0.1) is 13.8 Å². The molecule has 1 aromatic carbocycles. The molecule has 0 bridgehead atoms. The number of unbranched alkanes of at least 4 members (excludes halogenated alkanes) is 1. The van der Waals surface area contributed by atoms with Crippen molar-refractivity contribution in [1.29, 1.82) is 0 Å². The number of aryl methyl sites for hydroxylation is 2. The molecule has 0 saturated heterocycles. The zero-order chi connectivity index (χ0) is 15.2. The Morgan fingerprint density at radius 1 is 1.10 bits per heavy atom. The molecule has 0 radical (unpaired) electrons. The number of hydrogen-bond acceptors (Lipinski definition) is 4. The molecule has 0 saturated carbocycles. The lowest BCUT2D eigenvalue weighted by Crippen LogP contribution is -2.14. The Kier molecular flexibility index (Phi) is 5.14. The molecular weight excluding hydrogens is 262 g/mol. The quantitative estimate of drug-likeness (QED) is 0.837. The zero-order valence-electron chi connectivity index (χ0n) is 12.9. The first-order chi connectivity index (χ1) is 10.1. The first-order valence-corrected chi connectivity index (χ1v) is 7.47. The molecule has 2 N–H and O–H groups in total. The van der Waals surface area contributed by atoms with Gasteiger partial charge in [0.25, 0.3) is 0 Å². The topological polar surface area (TPSA) is 58.0 Å². The Hall–Kier alpha value is -2.10. The Morgan fingerprint density at radius 2 is 1.71 bits per heavy atom. The minimum Gasteiger partial charge on any atom is -0.504 e. The van der Waals surface area contributed by atoms with Crippen LogP contribution in [0.15, 0.2) is 30.3 Å². The van der Waals surface area contributed by atoms with E-state index in [1.165, 1.54) is 5.56 Å². The maximum absolute atomic E-state index is 9.77. The van der Waals surface area contributed by atoms with Gasteiger partial charge in [0.05, 0.1) is 17.4 Å². The van der Waals surface area contributed by atoms with Crippen molar-refractivity contribution in [3.05, 3.63) is 47.3 Å². The second-order valence-electron chi connectivity index (χ2n) is 5.32. The first-order valence-electron chi connectivity index (χ1n) is 7.47. The molecule has 4 heteroatoms. The highest BCUT2D eigenvalue weighted by Crippen LogP contribution is 2.25. The third kappa shape index (κ3) is 3.94. The molecule has 0 aliphatic rings. The van der Waals surface area contributed by atoms with Crippen molar-refractivity contribution in [3.63, 3.8) is 0 Å². The van der Waals surface area contributed by atoms with Gasteiger partial charge >= 0.3 is 0 Å². The van der Waals surface area contributed by atoms with E-state index in [0.717, 1.165) is 19.3 Å². The summed E-state index contributed by atoms with van der Waals surface area (Å²) in [5.41, 5.74) is 2.44. The third-order valence-electron chi connectivity index (χ3n) is 3.58. The zero-order valence-corrected chi connectivity index (χ0v) is 12.9. The largest absolute Gasteiger partial charge is 0.504 e. The average molecular weight is 285 g/mol. The van der Waals surface area contributed by atoms with Crippen LogP contribution in [0.1, 0.15) is 49.2 Å². The Morgan fingerprint density at radius 3 is 2.29 bits per heavy atom. The lowest BCUT2D eigenvalue weighted by Gasteiger charge is -2.19. The molecule has 2 aromatic rings. The summed E-state index contributed by atoms with van der Waals surface area (Å²) >= 11 is 0. The summed E-state index contributed by atoms with van der Waals surface area (Å²) in [4.78, 5) is 8.67. The van der Waals surface area contributed by atoms with Crippen molar-refractivity contribution in [2.24, 2.45) is 0 Å². The first kappa shape index (κ1) is 15.3. The molecule has 0 spiro atoms. The van der Waals surface area contributed by atoms with Gasteiger partial charge in [0, 0.05) is 0 Å². The summed E-state index contributed by atoms with van der Waals surface area (Å²) in [6, 6.07) is 10.5. The fraction of sp³-hybridized carbons (Fsp3) is 0.412. The predicted molar refractivity (Wildman–Crippen MR) is 85.5 cm³/mol. The normalized spacial score (nSPS) is 12.1. The van der Waals surface area contributed by atoms with Gasteiger partial charge in [-0.2, -0.15) is 0 Å². The predicted octanol–water partition coefficient (Wildman–Crippen LogP) is 4.14. The van der Waals surface area contributed by atoms with Gasteiger partial charge in [0.15, 0.2) is 5.75 Å². The standard InChI is InChI=1S/C17H23N3O/c1-4-5-11-15(14-9-7-6-8-10-14)20-17-18-12(2)16(21)13(3)19-17/h6-10,15,21H,4-5,11H2,1-3H3,(H,18,19,20). The van der Waals surface area contributed by atoms with Crippen molar-refractivity contribution in [2.45, 2.75) is 46.1 Å². The molecule has 1 aromatic heterocycles. The summed E-state index contributed by atoms with van der Waals surface area (Å²) in [7, 11) is 0. The molecule has 4 nitrogen and oxygen atoms in total. The average Bonchev–Trinajstić information content (AvgIpc) is 2.49. The van der Waals surface area contributed by atoms with Gasteiger partial charge in [-0.25, -0.2) is 9.97 Å². The second kappa shape index (κ2) is 7.07. The minimum absolute atomic E-state index is 0.172. The van der Waals surface area contributed by atoms with E-state index in [-0.39, 0.29) is 11.8 Å². The molecule has 21 heavy (non-hydrogen) atoms. The van der Waals surface area contributed by atoms with Crippen LogP contribution < -0.4 is 5.32 Å². The van der Waals surface area contributed by atoms with Gasteiger partial charge in [-0.05, 0) is 25.8 Å². The van der Waals surface area contributed by atoms with E-state index in [4.69, 9.17) is 0 Å². The van der Waals surface area contributed by atoms with Crippen LogP contribution in [-0.4, -0.2) is 15.1 Å². The van der Waals surface area contributed by atoms with Crippen molar-refractivity contribution >= 4 is 5.95 Å². The highest BCUT2D eigenvalue weighted by atomic mass is 16.3. The van der Waals surface area contributed by atoms with Crippen LogP contribution in [0.2, 0.25) is 0 Å². The molecule has 112 valence electrons. The lowest BCUT2D eigenvalue weighted by molar-refractivity contribution is 0.459. The van der Waals surface area contributed by atoms with E-state index in [9.17, 15) is 5.11 Å². The Balaban J connectivity index is 2.23. The third-order valence-corrected chi connectivity index (χ3v) is 3.58. The second-order valence-corrected chi connectivity index (χ2v) is 5.32. The molecule has 0 aliphatic heterocycles. The van der Waals surface area contributed by atoms with Crippen LogP contribution >= 0.6 is 0 Å². The van der Waals surface area contributed by atoms with Crippen LogP contribution in [-0.2, 0) is 0 Å². The van der Waals surface area contributed by atoms with Crippen molar-refractivity contribution in [2.75, 3.05) is 5.32 Å². The van der Waals surface area contributed by atoms with Gasteiger partial charge in [0.1, 0.15) is 0 Å². The Bertz CT molecular complexity index is 561. The van der Waals surface area contributed by atoms with Crippen LogP contribution in [0.5, 0.6) is 5.75 Å². The summed E-state index contributed by atoms with van der Waals surface area (Å²) in [6.45, 7) is 5.77. The minimum atomic E-state index is 0.172. The van der Waals surface area contributed by atoms with Crippen LogP contribution in [0.25, 0.3) is 0 Å². The number of nitrogens with zero attached hydrogens (tertiary/aromatic N) is 2. The van der Waals surface area contributed by atoms with Gasteiger partial charge in [-0.3, -0.25) is 0 Å². The summed E-state index contributed by atoms with van der Waals surface area (Å²) < 4.78 is 0. The molecule has 2 rings (SSSR count). The highest BCUT2D eigenvalue weighted by molar-refractivity contribution is 5.39. The van der Waals surface area contributed by atoms with Crippen molar-refractivity contribution < 1.29 is 5.11 Å². The number of anilines is 1. The van der Waals surface area contributed by atoms with Crippen molar-refractivity contribution in [1.82, 2.24) is 9.97 Å². The van der Waals surface area contributed by atoms with Gasteiger partial charge in [-0.1, -0.05) is 50.1 Å². The number of rotatable bonds is 6. The van der Waals surface area contributed by atoms with Gasteiger partial charge < -0.3 is 10.4 Å². The van der Waals surface area contributed by atoms with E-state index in [0.29, 0.717) is 17.3 Å². The molecule has 0 aliphatic carbocycles. The monoisotopic (exact) mass is 285 g/mol. The summed E-state index contributed by atoms with van der Waals surface area (Å²) in [5, 5.41) is 13.2. The van der Waals surface area contributed by atoms with E-state index < -0.39 is 0 Å². The number of aromatic nitrogens is 2. The SMILES string of the molecule is CCCCC(Nc1nc(C)c(O)c(C)n1)c1ccccc1. The number of hydrogen-bond donors (Lipinski definition) is 2. The summed E-state index contributed by atoms with van der Waals surface area (Å²) in [5.74, 6) is 0.748. The van der Waals surface area contributed by atoms with E-state index in [1.807, 2.05) is 18.2 Å². The number of aromatic hydroxyl groups is 1. The fourth-order valence-corrected chi connectivity index (χ4v) is 2.35. The molecular formula is C17H23N3O. The maximum Gasteiger partial charge on any atom is 0.223 e. The van der Waals surface area contributed by atoms with Crippen LogP contribution in [0.3, 0.4) is 0 Å². The molecule has 0 amide bonds. The van der Waals surface area contributed by atoms with E-state index in [2.05, 4.69) is 34.3 Å². The molecule has 1 unspecified atom stereocenters. The highest BCUT2D eigenvalue weighted by Gasteiger charge is 2.14. The summed E-state index contributed by atoms with van der Waals surface area (Å²) in [6.07, 6.45) is 3.32. The van der Waals surface area contributed by atoms with E-state index >= 15 is 0 Å². The number of nitrogens with one attached hydrogen (secondary N) is 1. The number of benzene rings is 1. The van der Waals surface area contributed by atoms with Crippen molar-refractivity contribution in [3.8, 4) is 5.75 Å². The smallest absolute Gasteiger partial charge is 0.223 e. The van der Waals surface area contributed by atoms with Crippen LogP contribution in [0.4, 0.5) is 5.95 Å². The molecule has 0 fully saturated rings. The van der Waals surface area contributed by atoms with E-state index in [1.54, 1.807) is 13.8 Å². The molecule has 1 heterocycles. The van der Waals surface area contributed by atoms with Gasteiger partial charge in [-0.15, -0.1) is 0 Å². The fourth-order valence-electron chi connectivity index (χ4n) is 2.35. The maximum atomic E-state index is 9.77. The molecule has 1 atom stereocenters. The lowest BCUT2D eigenvalue weighted by atomic mass is 10.0.